The van der Waals surface area contributed by atoms with E-state index in [-0.39, 0.29) is 0 Å². The van der Waals surface area contributed by atoms with Gasteiger partial charge in [-0.3, -0.25) is 0 Å². The van der Waals surface area contributed by atoms with Crippen molar-refractivity contribution in [3.63, 3.8) is 0 Å². The second-order valence-electron chi connectivity index (χ2n) is 4.51. The van der Waals surface area contributed by atoms with E-state index in [0.717, 1.165) is 31.7 Å². The maximum absolute atomic E-state index is 6.29. The summed E-state index contributed by atoms with van der Waals surface area (Å²) in [4.78, 5) is 2.30. The number of likely N-dealkylation sites (N-methyl/N-ethyl adjacent to an activating group) is 1. The maximum Gasteiger partial charge on any atom is 0.179 e. The highest BCUT2D eigenvalue weighted by atomic mass is 35.5. The molecule has 0 atom stereocenters. The highest BCUT2D eigenvalue weighted by molar-refractivity contribution is 6.32. The molecule has 0 aromatic heterocycles. The van der Waals surface area contributed by atoms with Gasteiger partial charge in [-0.05, 0) is 37.8 Å². The summed E-state index contributed by atoms with van der Waals surface area (Å²) < 4.78 is 11.2. The Morgan fingerprint density at radius 2 is 1.95 bits per heavy atom. The molecule has 0 spiro atoms. The van der Waals surface area contributed by atoms with Gasteiger partial charge >= 0.3 is 0 Å². The van der Waals surface area contributed by atoms with Crippen molar-refractivity contribution in [2.45, 2.75) is 20.4 Å². The van der Waals surface area contributed by atoms with Crippen molar-refractivity contribution in [3.05, 3.63) is 22.7 Å². The van der Waals surface area contributed by atoms with Gasteiger partial charge in [0.2, 0.25) is 0 Å². The second kappa shape index (κ2) is 9.06. The van der Waals surface area contributed by atoms with E-state index in [1.807, 2.05) is 19.2 Å². The van der Waals surface area contributed by atoms with E-state index in [2.05, 4.69) is 24.1 Å². The van der Waals surface area contributed by atoms with Crippen molar-refractivity contribution in [1.82, 2.24) is 10.2 Å². The molecule has 5 heteroatoms. The Labute approximate surface area is 127 Å². The predicted molar refractivity (Wildman–Crippen MR) is 84.1 cm³/mol. The molecule has 0 fully saturated rings. The average molecular weight is 301 g/mol. The molecule has 0 saturated carbocycles. The molecule has 0 amide bonds. The van der Waals surface area contributed by atoms with Gasteiger partial charge in [0.05, 0.1) is 12.1 Å². The SMILES string of the molecule is CCN(CC)CCOc1c(Cl)cc(CNC)cc1OC. The molecule has 114 valence electrons. The first-order valence-electron chi connectivity index (χ1n) is 7.02. The molecule has 0 aliphatic carbocycles. The summed E-state index contributed by atoms with van der Waals surface area (Å²) in [5.41, 5.74) is 1.07. The van der Waals surface area contributed by atoms with Gasteiger partial charge in [-0.1, -0.05) is 25.4 Å². The summed E-state index contributed by atoms with van der Waals surface area (Å²) in [5, 5.41) is 3.69. The summed E-state index contributed by atoms with van der Waals surface area (Å²) in [7, 11) is 3.53. The third-order valence-corrected chi connectivity index (χ3v) is 3.50. The fraction of sp³-hybridized carbons (Fsp3) is 0.600. The lowest BCUT2D eigenvalue weighted by atomic mass is 10.2. The summed E-state index contributed by atoms with van der Waals surface area (Å²) in [6.07, 6.45) is 0. The number of benzene rings is 1. The highest BCUT2D eigenvalue weighted by Crippen LogP contribution is 2.36. The number of halogens is 1. The number of hydrogen-bond donors (Lipinski definition) is 1. The highest BCUT2D eigenvalue weighted by Gasteiger charge is 2.12. The first-order chi connectivity index (χ1) is 9.65. The third kappa shape index (κ3) is 4.85. The van der Waals surface area contributed by atoms with E-state index < -0.39 is 0 Å². The van der Waals surface area contributed by atoms with Gasteiger partial charge in [0.1, 0.15) is 6.61 Å². The van der Waals surface area contributed by atoms with Crippen LogP contribution in [-0.2, 0) is 6.54 Å². The monoisotopic (exact) mass is 300 g/mol. The Morgan fingerprint density at radius 1 is 1.25 bits per heavy atom. The minimum absolute atomic E-state index is 0.592. The number of ether oxygens (including phenoxy) is 2. The molecule has 1 rings (SSSR count). The maximum atomic E-state index is 6.29. The lowest BCUT2D eigenvalue weighted by Crippen LogP contribution is -2.28. The molecule has 4 nitrogen and oxygen atoms in total. The van der Waals surface area contributed by atoms with Gasteiger partial charge in [-0.15, -0.1) is 0 Å². The lowest BCUT2D eigenvalue weighted by molar-refractivity contribution is 0.217. The molecule has 1 aromatic rings. The van der Waals surface area contributed by atoms with Crippen LogP contribution >= 0.6 is 11.6 Å². The van der Waals surface area contributed by atoms with Gasteiger partial charge < -0.3 is 19.7 Å². The normalized spacial score (nSPS) is 10.9. The first kappa shape index (κ1) is 17.1. The smallest absolute Gasteiger partial charge is 0.179 e. The van der Waals surface area contributed by atoms with Gasteiger partial charge in [0.25, 0.3) is 0 Å². The number of rotatable bonds is 9. The van der Waals surface area contributed by atoms with Crippen LogP contribution in [0.4, 0.5) is 0 Å². The Balaban J connectivity index is 2.73. The Hall–Kier alpha value is -0.970. The topological polar surface area (TPSA) is 33.7 Å². The fourth-order valence-corrected chi connectivity index (χ4v) is 2.32. The quantitative estimate of drug-likeness (QED) is 0.760. The van der Waals surface area contributed by atoms with Crippen LogP contribution in [-0.4, -0.2) is 45.3 Å². The van der Waals surface area contributed by atoms with Crippen LogP contribution in [0, 0.1) is 0 Å². The zero-order chi connectivity index (χ0) is 15.0. The molecule has 0 aliphatic heterocycles. The molecule has 0 bridgehead atoms. The minimum atomic E-state index is 0.592. The minimum Gasteiger partial charge on any atom is -0.493 e. The van der Waals surface area contributed by atoms with Gasteiger partial charge in [-0.2, -0.15) is 0 Å². The van der Waals surface area contributed by atoms with Crippen LogP contribution in [0.5, 0.6) is 11.5 Å². The summed E-state index contributed by atoms with van der Waals surface area (Å²) in [5.74, 6) is 1.31. The van der Waals surface area contributed by atoms with Crippen LogP contribution in [0.15, 0.2) is 12.1 Å². The van der Waals surface area contributed by atoms with E-state index in [0.29, 0.717) is 23.1 Å². The van der Waals surface area contributed by atoms with Crippen molar-refractivity contribution in [2.75, 3.05) is 40.4 Å². The molecule has 0 aliphatic rings. The summed E-state index contributed by atoms with van der Waals surface area (Å²) in [6.45, 7) is 8.55. The van der Waals surface area contributed by atoms with Crippen LogP contribution in [0.25, 0.3) is 0 Å². The van der Waals surface area contributed by atoms with Crippen molar-refractivity contribution in [2.24, 2.45) is 0 Å². The van der Waals surface area contributed by atoms with Crippen molar-refractivity contribution < 1.29 is 9.47 Å². The Bertz CT molecular complexity index is 409. The zero-order valence-electron chi connectivity index (χ0n) is 12.8. The largest absolute Gasteiger partial charge is 0.493 e. The number of nitrogens with zero attached hydrogens (tertiary/aromatic N) is 1. The molecule has 0 heterocycles. The van der Waals surface area contributed by atoms with Gasteiger partial charge in [0, 0.05) is 13.1 Å². The summed E-state index contributed by atoms with van der Waals surface area (Å²) in [6, 6.07) is 3.86. The number of hydrogen-bond acceptors (Lipinski definition) is 4. The van der Waals surface area contributed by atoms with E-state index in [1.165, 1.54) is 0 Å². The van der Waals surface area contributed by atoms with Gasteiger partial charge in [-0.25, -0.2) is 0 Å². The average Bonchev–Trinajstić information content (AvgIpc) is 2.45. The summed E-state index contributed by atoms with van der Waals surface area (Å²) >= 11 is 6.29. The lowest BCUT2D eigenvalue weighted by Gasteiger charge is -2.19. The molecule has 1 aromatic carbocycles. The van der Waals surface area contributed by atoms with Crippen LogP contribution in [0.3, 0.4) is 0 Å². The Morgan fingerprint density at radius 3 is 2.50 bits per heavy atom. The molecular weight excluding hydrogens is 276 g/mol. The fourth-order valence-electron chi connectivity index (χ4n) is 2.04. The van der Waals surface area contributed by atoms with Crippen LogP contribution in [0.2, 0.25) is 5.02 Å². The van der Waals surface area contributed by atoms with E-state index in [1.54, 1.807) is 7.11 Å². The zero-order valence-corrected chi connectivity index (χ0v) is 13.6. The molecule has 0 unspecified atom stereocenters. The van der Waals surface area contributed by atoms with Crippen molar-refractivity contribution in [3.8, 4) is 11.5 Å². The van der Waals surface area contributed by atoms with E-state index in [9.17, 15) is 0 Å². The molecule has 1 N–H and O–H groups in total. The van der Waals surface area contributed by atoms with Gasteiger partial charge in [0.15, 0.2) is 11.5 Å². The third-order valence-electron chi connectivity index (χ3n) is 3.22. The second-order valence-corrected chi connectivity index (χ2v) is 4.92. The molecule has 20 heavy (non-hydrogen) atoms. The molecular formula is C15H25ClN2O2. The predicted octanol–water partition coefficient (Wildman–Crippen LogP) is 2.79. The van der Waals surface area contributed by atoms with Crippen molar-refractivity contribution >= 4 is 11.6 Å². The first-order valence-corrected chi connectivity index (χ1v) is 7.40. The Kier molecular flexibility index (Phi) is 7.73. The molecule has 0 saturated heterocycles. The van der Waals surface area contributed by atoms with E-state index >= 15 is 0 Å². The van der Waals surface area contributed by atoms with Crippen molar-refractivity contribution in [1.29, 1.82) is 0 Å². The van der Waals surface area contributed by atoms with Crippen LogP contribution in [0.1, 0.15) is 19.4 Å². The number of nitrogens with one attached hydrogen (secondary N) is 1. The van der Waals surface area contributed by atoms with E-state index in [4.69, 9.17) is 21.1 Å². The molecule has 0 radical (unpaired) electrons. The van der Waals surface area contributed by atoms with Crippen LogP contribution < -0.4 is 14.8 Å². The standard InChI is InChI=1S/C15H25ClN2O2/c1-5-18(6-2)7-8-20-15-13(16)9-12(11-17-3)10-14(15)19-4/h9-10,17H,5-8,11H2,1-4H3. The number of methoxy groups -OCH3 is 1.